The summed E-state index contributed by atoms with van der Waals surface area (Å²) in [7, 11) is 0. The fourth-order valence-corrected chi connectivity index (χ4v) is 2.83. The van der Waals surface area contributed by atoms with Crippen molar-refractivity contribution in [2.24, 2.45) is 0 Å². The quantitative estimate of drug-likeness (QED) is 0.596. The minimum atomic E-state index is -0.0678. The molecule has 122 valence electrons. The van der Waals surface area contributed by atoms with Gasteiger partial charge in [-0.2, -0.15) is 12.6 Å². The lowest BCUT2D eigenvalue weighted by Gasteiger charge is -2.18. The first-order chi connectivity index (χ1) is 11.1. The molecule has 1 aliphatic rings. The first-order valence-electron chi connectivity index (χ1n) is 7.82. The van der Waals surface area contributed by atoms with Crippen molar-refractivity contribution in [3.05, 3.63) is 46.5 Å². The second-order valence-electron chi connectivity index (χ2n) is 5.59. The monoisotopic (exact) mass is 331 g/mol. The van der Waals surface area contributed by atoms with Crippen LogP contribution in [0.2, 0.25) is 0 Å². The maximum atomic E-state index is 12.5. The highest BCUT2D eigenvalue weighted by Gasteiger charge is 2.28. The van der Waals surface area contributed by atoms with Gasteiger partial charge in [0.1, 0.15) is 0 Å². The first kappa shape index (κ1) is 17.5. The third-order valence-corrected chi connectivity index (χ3v) is 4.22. The molecule has 0 spiro atoms. The van der Waals surface area contributed by atoms with Crippen LogP contribution in [0, 0.1) is 0 Å². The second kappa shape index (κ2) is 8.11. The van der Waals surface area contributed by atoms with Crippen molar-refractivity contribution in [1.82, 2.24) is 5.32 Å². The molecular formula is C18H21NO3S. The van der Waals surface area contributed by atoms with E-state index in [1.165, 1.54) is 0 Å². The summed E-state index contributed by atoms with van der Waals surface area (Å²) < 4.78 is 0. The van der Waals surface area contributed by atoms with Crippen LogP contribution in [-0.2, 0) is 4.79 Å². The Morgan fingerprint density at radius 3 is 2.39 bits per heavy atom. The van der Waals surface area contributed by atoms with E-state index in [-0.39, 0.29) is 17.5 Å². The van der Waals surface area contributed by atoms with Crippen LogP contribution in [0.3, 0.4) is 0 Å². The van der Waals surface area contributed by atoms with Crippen LogP contribution >= 0.6 is 12.6 Å². The molecule has 0 saturated carbocycles. The molecular weight excluding hydrogens is 310 g/mol. The van der Waals surface area contributed by atoms with Crippen molar-refractivity contribution in [3.8, 4) is 0 Å². The maximum absolute atomic E-state index is 12.5. The smallest absolute Gasteiger partial charge is 0.220 e. The van der Waals surface area contributed by atoms with Crippen LogP contribution in [-0.4, -0.2) is 29.8 Å². The molecule has 1 aromatic carbocycles. The number of fused-ring (bicyclic) bond motifs is 1. The van der Waals surface area contributed by atoms with Gasteiger partial charge in [-0.3, -0.25) is 14.4 Å². The van der Waals surface area contributed by atoms with Gasteiger partial charge in [-0.1, -0.05) is 24.3 Å². The number of hydrogen-bond donors (Lipinski definition) is 2. The van der Waals surface area contributed by atoms with Crippen LogP contribution in [0.25, 0.3) is 0 Å². The fourth-order valence-electron chi connectivity index (χ4n) is 2.72. The number of hydrogen-bond acceptors (Lipinski definition) is 4. The molecule has 2 rings (SSSR count). The van der Waals surface area contributed by atoms with Crippen LogP contribution in [0.4, 0.5) is 0 Å². The summed E-state index contributed by atoms with van der Waals surface area (Å²) >= 11 is 4.03. The Bertz CT molecular complexity index is 664. The van der Waals surface area contributed by atoms with Gasteiger partial charge in [-0.05, 0) is 26.2 Å². The van der Waals surface area contributed by atoms with Gasteiger partial charge in [-0.15, -0.1) is 0 Å². The van der Waals surface area contributed by atoms with E-state index in [1.807, 2.05) is 0 Å². The van der Waals surface area contributed by atoms with E-state index in [0.717, 1.165) is 0 Å². The summed E-state index contributed by atoms with van der Waals surface area (Å²) in [4.78, 5) is 36.4. The van der Waals surface area contributed by atoms with E-state index in [1.54, 1.807) is 31.2 Å². The van der Waals surface area contributed by atoms with Gasteiger partial charge in [0, 0.05) is 41.0 Å². The third-order valence-electron chi connectivity index (χ3n) is 4.00. The standard InChI is InChI=1S/C18H21NO3S/c1-12-13(6-4-5-9-16(20)19-10-11-23)18(22)15-8-3-2-7-14(15)17(12)21/h2-3,7-8,23H,4-6,9-11H2,1H3,(H,19,20). The lowest BCUT2D eigenvalue weighted by atomic mass is 9.83. The summed E-state index contributed by atoms with van der Waals surface area (Å²) in [6.07, 6.45) is 2.36. The normalized spacial score (nSPS) is 14.0. The average Bonchev–Trinajstić information content (AvgIpc) is 2.57. The number of unbranched alkanes of at least 4 members (excludes halogenated alkanes) is 1. The minimum absolute atomic E-state index is 0.00106. The predicted octanol–water partition coefficient (Wildman–Crippen LogP) is 2.99. The fraction of sp³-hybridized carbons (Fsp3) is 0.389. The zero-order valence-electron chi connectivity index (χ0n) is 13.2. The van der Waals surface area contributed by atoms with Crippen molar-refractivity contribution >= 4 is 30.1 Å². The zero-order valence-corrected chi connectivity index (χ0v) is 14.1. The molecule has 4 nitrogen and oxygen atoms in total. The van der Waals surface area contributed by atoms with Crippen LogP contribution < -0.4 is 5.32 Å². The van der Waals surface area contributed by atoms with Crippen molar-refractivity contribution in [1.29, 1.82) is 0 Å². The summed E-state index contributed by atoms with van der Waals surface area (Å²) in [6.45, 7) is 2.28. The Kier molecular flexibility index (Phi) is 6.16. The van der Waals surface area contributed by atoms with E-state index in [4.69, 9.17) is 0 Å². The van der Waals surface area contributed by atoms with Crippen LogP contribution in [0.5, 0.6) is 0 Å². The molecule has 1 aromatic rings. The number of nitrogens with one attached hydrogen (secondary N) is 1. The largest absolute Gasteiger partial charge is 0.355 e. The van der Waals surface area contributed by atoms with Gasteiger partial charge in [0.15, 0.2) is 11.6 Å². The van der Waals surface area contributed by atoms with Crippen LogP contribution in [0.1, 0.15) is 53.3 Å². The number of rotatable bonds is 7. The van der Waals surface area contributed by atoms with Gasteiger partial charge in [0.05, 0.1) is 0 Å². The summed E-state index contributed by atoms with van der Waals surface area (Å²) in [5.74, 6) is 0.494. The van der Waals surface area contributed by atoms with Gasteiger partial charge < -0.3 is 5.32 Å². The highest BCUT2D eigenvalue weighted by Crippen LogP contribution is 2.28. The molecule has 0 radical (unpaired) electrons. The molecule has 0 fully saturated rings. The van der Waals surface area contributed by atoms with Gasteiger partial charge in [0.2, 0.25) is 5.91 Å². The topological polar surface area (TPSA) is 63.2 Å². The zero-order chi connectivity index (χ0) is 16.8. The number of Topliss-reactive ketones (excluding diaryl/α,β-unsaturated/α-hetero) is 2. The highest BCUT2D eigenvalue weighted by atomic mass is 32.1. The lowest BCUT2D eigenvalue weighted by molar-refractivity contribution is -0.121. The SMILES string of the molecule is CC1=C(CCCCC(=O)NCCS)C(=O)c2ccccc2C1=O. The Morgan fingerprint density at radius 1 is 1.09 bits per heavy atom. The molecule has 0 unspecified atom stereocenters. The van der Waals surface area contributed by atoms with Crippen molar-refractivity contribution in [3.63, 3.8) is 0 Å². The molecule has 5 heteroatoms. The number of thiol groups is 1. The van der Waals surface area contributed by atoms with Crippen molar-refractivity contribution < 1.29 is 14.4 Å². The number of ketones is 2. The number of carbonyl (C=O) groups excluding carboxylic acids is 3. The summed E-state index contributed by atoms with van der Waals surface area (Å²) in [6, 6.07) is 6.94. The minimum Gasteiger partial charge on any atom is -0.355 e. The van der Waals surface area contributed by atoms with E-state index in [0.29, 0.717) is 60.3 Å². The molecule has 1 N–H and O–H groups in total. The highest BCUT2D eigenvalue weighted by molar-refractivity contribution is 7.80. The molecule has 0 atom stereocenters. The first-order valence-corrected chi connectivity index (χ1v) is 8.45. The van der Waals surface area contributed by atoms with E-state index in [9.17, 15) is 14.4 Å². The Morgan fingerprint density at radius 2 is 1.74 bits per heavy atom. The molecule has 0 heterocycles. The van der Waals surface area contributed by atoms with Gasteiger partial charge in [-0.25, -0.2) is 0 Å². The second-order valence-corrected chi connectivity index (χ2v) is 6.04. The van der Waals surface area contributed by atoms with E-state index >= 15 is 0 Å². The van der Waals surface area contributed by atoms with Crippen LogP contribution in [0.15, 0.2) is 35.4 Å². The predicted molar refractivity (Wildman–Crippen MR) is 93.1 cm³/mol. The Hall–Kier alpha value is -1.88. The average molecular weight is 331 g/mol. The molecule has 0 saturated heterocycles. The molecule has 1 amide bonds. The van der Waals surface area contributed by atoms with Gasteiger partial charge >= 0.3 is 0 Å². The molecule has 23 heavy (non-hydrogen) atoms. The Labute approximate surface area is 141 Å². The van der Waals surface area contributed by atoms with Gasteiger partial charge in [0.25, 0.3) is 0 Å². The maximum Gasteiger partial charge on any atom is 0.220 e. The molecule has 0 aliphatic heterocycles. The lowest BCUT2D eigenvalue weighted by Crippen LogP contribution is -2.25. The third kappa shape index (κ3) is 4.10. The van der Waals surface area contributed by atoms with Crippen molar-refractivity contribution in [2.45, 2.75) is 32.6 Å². The van der Waals surface area contributed by atoms with E-state index < -0.39 is 0 Å². The number of benzene rings is 1. The van der Waals surface area contributed by atoms with E-state index in [2.05, 4.69) is 17.9 Å². The molecule has 1 aliphatic carbocycles. The Balaban J connectivity index is 1.95. The number of carbonyl (C=O) groups is 3. The summed E-state index contributed by atoms with van der Waals surface area (Å²) in [5, 5.41) is 2.76. The number of amides is 1. The molecule has 0 aromatic heterocycles. The molecule has 0 bridgehead atoms. The van der Waals surface area contributed by atoms with Crippen molar-refractivity contribution in [2.75, 3.05) is 12.3 Å². The summed E-state index contributed by atoms with van der Waals surface area (Å²) in [5.41, 5.74) is 2.10. The number of allylic oxidation sites excluding steroid dienone is 2.